The zero-order valence-electron chi connectivity index (χ0n) is 19.1. The second kappa shape index (κ2) is 9.83. The zero-order chi connectivity index (χ0) is 24.4. The molecule has 1 aliphatic heterocycles. The third-order valence-corrected chi connectivity index (χ3v) is 6.55. The summed E-state index contributed by atoms with van der Waals surface area (Å²) in [6, 6.07) is 17.9. The monoisotopic (exact) mass is 494 g/mol. The SMILES string of the molecule is COc1ccc(OC)c(NC2=C(Sc3ccc(Cl)cc3)C(=O)N(c3cc(C)cc(C)c3)C2=O)c1. The number of aryl methyl sites for hydroxylation is 2. The van der Waals surface area contributed by atoms with Gasteiger partial charge in [-0.2, -0.15) is 0 Å². The van der Waals surface area contributed by atoms with E-state index in [0.717, 1.165) is 16.0 Å². The number of halogens is 1. The van der Waals surface area contributed by atoms with E-state index in [-0.39, 0.29) is 10.6 Å². The first-order valence-electron chi connectivity index (χ1n) is 10.4. The number of imide groups is 1. The van der Waals surface area contributed by atoms with E-state index in [9.17, 15) is 9.59 Å². The normalized spacial score (nSPS) is 13.5. The summed E-state index contributed by atoms with van der Waals surface area (Å²) < 4.78 is 10.8. The Bertz CT molecular complexity index is 1280. The van der Waals surface area contributed by atoms with Gasteiger partial charge < -0.3 is 14.8 Å². The van der Waals surface area contributed by atoms with E-state index >= 15 is 0 Å². The van der Waals surface area contributed by atoms with Gasteiger partial charge in [-0.25, -0.2) is 4.90 Å². The summed E-state index contributed by atoms with van der Waals surface area (Å²) in [5, 5.41) is 3.73. The zero-order valence-corrected chi connectivity index (χ0v) is 20.7. The molecule has 0 saturated heterocycles. The predicted octanol–water partition coefficient (Wildman–Crippen LogP) is 5.96. The lowest BCUT2D eigenvalue weighted by Gasteiger charge is -2.17. The number of carbonyl (C=O) groups is 2. The van der Waals surface area contributed by atoms with Crippen LogP contribution in [0.3, 0.4) is 0 Å². The molecule has 0 atom stereocenters. The fourth-order valence-corrected chi connectivity index (χ4v) is 4.75. The first-order valence-corrected chi connectivity index (χ1v) is 11.6. The number of methoxy groups -OCH3 is 2. The largest absolute Gasteiger partial charge is 0.497 e. The van der Waals surface area contributed by atoms with E-state index in [1.807, 2.05) is 32.0 Å². The van der Waals surface area contributed by atoms with Gasteiger partial charge in [-0.05, 0) is 73.5 Å². The van der Waals surface area contributed by atoms with Gasteiger partial charge in [-0.15, -0.1) is 0 Å². The van der Waals surface area contributed by atoms with Crippen LogP contribution in [-0.2, 0) is 9.59 Å². The van der Waals surface area contributed by atoms with Gasteiger partial charge in [-0.1, -0.05) is 29.4 Å². The topological polar surface area (TPSA) is 67.9 Å². The minimum atomic E-state index is -0.448. The first-order chi connectivity index (χ1) is 16.3. The van der Waals surface area contributed by atoms with Crippen molar-refractivity contribution in [2.75, 3.05) is 24.4 Å². The highest BCUT2D eigenvalue weighted by atomic mass is 35.5. The van der Waals surface area contributed by atoms with Crippen molar-refractivity contribution in [3.8, 4) is 11.5 Å². The van der Waals surface area contributed by atoms with Crippen LogP contribution in [0.1, 0.15) is 11.1 Å². The van der Waals surface area contributed by atoms with Crippen LogP contribution in [0.25, 0.3) is 0 Å². The molecule has 8 heteroatoms. The van der Waals surface area contributed by atoms with Crippen molar-refractivity contribution in [1.29, 1.82) is 0 Å². The number of ether oxygens (including phenoxy) is 2. The number of carbonyl (C=O) groups excluding carboxylic acids is 2. The van der Waals surface area contributed by atoms with Crippen molar-refractivity contribution in [1.82, 2.24) is 0 Å². The van der Waals surface area contributed by atoms with Crippen LogP contribution >= 0.6 is 23.4 Å². The molecule has 0 aromatic heterocycles. The van der Waals surface area contributed by atoms with Crippen molar-refractivity contribution in [3.63, 3.8) is 0 Å². The predicted molar refractivity (Wildman–Crippen MR) is 136 cm³/mol. The van der Waals surface area contributed by atoms with E-state index in [0.29, 0.717) is 27.9 Å². The van der Waals surface area contributed by atoms with Gasteiger partial charge >= 0.3 is 0 Å². The molecule has 174 valence electrons. The highest BCUT2D eigenvalue weighted by Crippen LogP contribution is 2.40. The van der Waals surface area contributed by atoms with Gasteiger partial charge in [0.05, 0.1) is 25.6 Å². The van der Waals surface area contributed by atoms with Gasteiger partial charge in [0, 0.05) is 16.0 Å². The fraction of sp³-hybridized carbons (Fsp3) is 0.154. The number of nitrogens with zero attached hydrogens (tertiary/aromatic N) is 1. The van der Waals surface area contributed by atoms with Gasteiger partial charge in [0.25, 0.3) is 11.8 Å². The molecule has 0 saturated carbocycles. The fourth-order valence-electron chi connectivity index (χ4n) is 3.70. The maximum absolute atomic E-state index is 13.6. The molecule has 0 bridgehead atoms. The summed E-state index contributed by atoms with van der Waals surface area (Å²) >= 11 is 7.23. The Morgan fingerprint density at radius 3 is 2.15 bits per heavy atom. The van der Waals surface area contributed by atoms with Crippen molar-refractivity contribution in [2.45, 2.75) is 18.7 Å². The highest BCUT2D eigenvalue weighted by Gasteiger charge is 2.40. The maximum Gasteiger partial charge on any atom is 0.283 e. The molecule has 1 N–H and O–H groups in total. The summed E-state index contributed by atoms with van der Waals surface area (Å²) in [4.78, 5) is 29.5. The van der Waals surface area contributed by atoms with Crippen LogP contribution in [-0.4, -0.2) is 26.0 Å². The number of rotatable bonds is 7. The lowest BCUT2D eigenvalue weighted by Crippen LogP contribution is -2.32. The van der Waals surface area contributed by atoms with E-state index in [4.69, 9.17) is 21.1 Å². The van der Waals surface area contributed by atoms with Crippen LogP contribution in [0.15, 0.2) is 76.2 Å². The second-order valence-corrected chi connectivity index (χ2v) is 9.26. The Hall–Kier alpha value is -3.42. The van der Waals surface area contributed by atoms with Crippen LogP contribution in [0.4, 0.5) is 11.4 Å². The molecular weight excluding hydrogens is 472 g/mol. The minimum Gasteiger partial charge on any atom is -0.497 e. The molecule has 1 heterocycles. The third kappa shape index (κ3) is 4.76. The Morgan fingerprint density at radius 2 is 1.53 bits per heavy atom. The van der Waals surface area contributed by atoms with Crippen molar-refractivity contribution >= 4 is 46.6 Å². The number of hydrogen-bond donors (Lipinski definition) is 1. The summed E-state index contributed by atoms with van der Waals surface area (Å²) in [5.74, 6) is 0.239. The van der Waals surface area contributed by atoms with E-state index in [1.54, 1.807) is 49.6 Å². The molecule has 4 rings (SSSR count). The number of amides is 2. The molecule has 0 radical (unpaired) electrons. The second-order valence-electron chi connectivity index (χ2n) is 7.74. The van der Waals surface area contributed by atoms with Crippen LogP contribution in [0.2, 0.25) is 5.02 Å². The maximum atomic E-state index is 13.6. The van der Waals surface area contributed by atoms with Gasteiger partial charge in [0.1, 0.15) is 22.1 Å². The summed E-state index contributed by atoms with van der Waals surface area (Å²) in [7, 11) is 3.09. The van der Waals surface area contributed by atoms with Gasteiger partial charge in [-0.3, -0.25) is 9.59 Å². The van der Waals surface area contributed by atoms with E-state index < -0.39 is 11.8 Å². The summed E-state index contributed by atoms with van der Waals surface area (Å²) in [5.41, 5.74) is 3.11. The number of thioether (sulfide) groups is 1. The first kappa shape index (κ1) is 23.7. The van der Waals surface area contributed by atoms with Crippen molar-refractivity contribution < 1.29 is 19.1 Å². The molecule has 1 aliphatic rings. The van der Waals surface area contributed by atoms with Crippen molar-refractivity contribution in [3.05, 3.63) is 87.4 Å². The molecule has 0 fully saturated rings. The van der Waals surface area contributed by atoms with Gasteiger partial charge in [0.15, 0.2) is 0 Å². The third-order valence-electron chi connectivity index (χ3n) is 5.21. The standard InChI is InChI=1S/C26H23ClN2O4S/c1-15-11-16(2)13-18(12-15)29-25(30)23(28-21-14-19(32-3)7-10-22(21)33-4)24(26(29)31)34-20-8-5-17(27)6-9-20/h5-14,28H,1-4H3. The Balaban J connectivity index is 1.80. The van der Waals surface area contributed by atoms with Crippen LogP contribution in [0, 0.1) is 13.8 Å². The smallest absolute Gasteiger partial charge is 0.283 e. The molecule has 0 spiro atoms. The minimum absolute atomic E-state index is 0.163. The molecule has 6 nitrogen and oxygen atoms in total. The molecule has 3 aromatic rings. The molecular formula is C26H23ClN2O4S. The average Bonchev–Trinajstić information content (AvgIpc) is 3.03. The number of nitrogens with one attached hydrogen (secondary N) is 1. The number of hydrogen-bond acceptors (Lipinski definition) is 6. The molecule has 3 aromatic carbocycles. The van der Waals surface area contributed by atoms with Crippen LogP contribution < -0.4 is 19.7 Å². The Morgan fingerprint density at radius 1 is 0.853 bits per heavy atom. The van der Waals surface area contributed by atoms with Crippen LogP contribution in [0.5, 0.6) is 11.5 Å². The Kier molecular flexibility index (Phi) is 6.86. The van der Waals surface area contributed by atoms with E-state index in [1.165, 1.54) is 23.8 Å². The number of anilines is 2. The lowest BCUT2D eigenvalue weighted by atomic mass is 10.1. The summed E-state index contributed by atoms with van der Waals surface area (Å²) in [6.07, 6.45) is 0. The quantitative estimate of drug-likeness (QED) is 0.408. The summed E-state index contributed by atoms with van der Waals surface area (Å²) in [6.45, 7) is 3.86. The molecule has 0 aliphatic carbocycles. The Labute approximate surface area is 207 Å². The highest BCUT2D eigenvalue weighted by molar-refractivity contribution is 8.04. The molecule has 0 unspecified atom stereocenters. The lowest BCUT2D eigenvalue weighted by molar-refractivity contribution is -0.120. The number of benzene rings is 3. The molecule has 2 amide bonds. The molecule has 34 heavy (non-hydrogen) atoms. The van der Waals surface area contributed by atoms with Crippen molar-refractivity contribution in [2.24, 2.45) is 0 Å². The van der Waals surface area contributed by atoms with E-state index in [2.05, 4.69) is 5.32 Å². The average molecular weight is 495 g/mol. The van der Waals surface area contributed by atoms with Gasteiger partial charge in [0.2, 0.25) is 0 Å².